The number of ether oxygens (including phenoxy) is 3. The van der Waals surface area contributed by atoms with Crippen LogP contribution in [-0.4, -0.2) is 67.2 Å². The molecule has 2 N–H and O–H groups in total. The number of aromatic nitrogens is 2. The molecule has 1 aliphatic rings. The van der Waals surface area contributed by atoms with Crippen LogP contribution in [0.2, 0.25) is 0 Å². The number of benzene rings is 1. The summed E-state index contributed by atoms with van der Waals surface area (Å²) in [6.45, 7) is 0.952. The van der Waals surface area contributed by atoms with Crippen molar-refractivity contribution in [3.63, 3.8) is 0 Å². The zero-order chi connectivity index (χ0) is 25.2. The van der Waals surface area contributed by atoms with Gasteiger partial charge in [-0.25, -0.2) is 13.2 Å². The minimum absolute atomic E-state index is 0.141. The van der Waals surface area contributed by atoms with E-state index in [4.69, 9.17) is 14.2 Å². The zero-order valence-electron chi connectivity index (χ0n) is 18.5. The minimum Gasteiger partial charge on any atom is -0.468 e. The van der Waals surface area contributed by atoms with Gasteiger partial charge in [-0.1, -0.05) is 17.7 Å². The number of rotatable bonds is 7. The Balaban J connectivity index is 2.28. The first-order valence-corrected chi connectivity index (χ1v) is 11.7. The lowest BCUT2D eigenvalue weighted by Gasteiger charge is -2.28. The van der Waals surface area contributed by atoms with E-state index in [9.17, 15) is 32.7 Å². The van der Waals surface area contributed by atoms with E-state index < -0.39 is 69.0 Å². The molecule has 1 fully saturated rings. The van der Waals surface area contributed by atoms with Gasteiger partial charge in [0.25, 0.3) is 5.56 Å². The fraction of sp³-hybridized carbons (Fsp3) is 0.429. The van der Waals surface area contributed by atoms with E-state index >= 15 is 0 Å². The van der Waals surface area contributed by atoms with Gasteiger partial charge in [0.2, 0.25) is 0 Å². The Kier molecular flexibility index (Phi) is 7.38. The van der Waals surface area contributed by atoms with E-state index in [1.54, 1.807) is 19.1 Å². The van der Waals surface area contributed by atoms with E-state index in [2.05, 4.69) is 0 Å². The molecule has 0 spiro atoms. The van der Waals surface area contributed by atoms with Crippen molar-refractivity contribution in [3.8, 4) is 0 Å². The largest absolute Gasteiger partial charge is 0.468 e. The third-order valence-electron chi connectivity index (χ3n) is 5.70. The molecule has 0 amide bonds. The Hall–Kier alpha value is -3.29. The third kappa shape index (κ3) is 4.54. The Bertz CT molecular complexity index is 1270. The number of carbonyl (C=O) groups excluding carboxylic acids is 2. The van der Waals surface area contributed by atoms with Crippen molar-refractivity contribution in [2.45, 2.75) is 29.4 Å². The second-order valence-corrected chi connectivity index (χ2v) is 9.79. The molecular weight excluding hydrogens is 472 g/mol. The summed E-state index contributed by atoms with van der Waals surface area (Å²) in [7, 11) is -2.34. The van der Waals surface area contributed by atoms with Gasteiger partial charge in [0.1, 0.15) is 17.6 Å². The van der Waals surface area contributed by atoms with E-state index in [-0.39, 0.29) is 4.90 Å². The van der Waals surface area contributed by atoms with Gasteiger partial charge < -0.3 is 19.3 Å². The second-order valence-electron chi connectivity index (χ2n) is 7.69. The van der Waals surface area contributed by atoms with Crippen LogP contribution in [0, 0.1) is 18.8 Å². The summed E-state index contributed by atoms with van der Waals surface area (Å²) in [5.74, 6) is -5.64. The van der Waals surface area contributed by atoms with Gasteiger partial charge in [0.15, 0.2) is 15.8 Å². The average molecular weight is 496 g/mol. The van der Waals surface area contributed by atoms with Gasteiger partial charge in [-0.3, -0.25) is 23.9 Å². The zero-order valence-corrected chi connectivity index (χ0v) is 19.4. The highest BCUT2D eigenvalue weighted by Gasteiger charge is 2.59. The monoisotopic (exact) mass is 496 g/mol. The molecule has 0 unspecified atom stereocenters. The first-order valence-electron chi connectivity index (χ1n) is 10.1. The number of methoxy groups -OCH3 is 2. The molecule has 1 aliphatic heterocycles. The van der Waals surface area contributed by atoms with Gasteiger partial charge in [-0.15, -0.1) is 0 Å². The van der Waals surface area contributed by atoms with Crippen LogP contribution in [0.15, 0.2) is 51.0 Å². The molecule has 3 rings (SSSR count). The first kappa shape index (κ1) is 25.3. The van der Waals surface area contributed by atoms with Crippen LogP contribution in [0.1, 0.15) is 11.8 Å². The molecule has 0 saturated carbocycles. The average Bonchev–Trinajstić information content (AvgIpc) is 3.18. The van der Waals surface area contributed by atoms with Crippen molar-refractivity contribution in [1.29, 1.82) is 0 Å². The molecule has 12 nitrogen and oxygen atoms in total. The van der Waals surface area contributed by atoms with Crippen molar-refractivity contribution < 1.29 is 37.3 Å². The first-order chi connectivity index (χ1) is 16.1. The molecule has 1 aromatic heterocycles. The summed E-state index contributed by atoms with van der Waals surface area (Å²) in [6.07, 6.45) is -1.94. The molecule has 1 aromatic carbocycles. The fourth-order valence-electron chi connectivity index (χ4n) is 4.09. The Morgan fingerprint density at radius 1 is 1.12 bits per heavy atom. The number of aryl methyl sites for hydroxylation is 1. The molecule has 0 aliphatic carbocycles. The SMILES string of the molecule is COC(=O)C(C(=O)OC)[C@@H]1[C@@H](S(=O)(=O)c2ccc(C)cc2)[C@@H](CO)O[C@H]1n1ccc(=O)[nH]c1=O. The number of carbonyl (C=O) groups is 2. The second kappa shape index (κ2) is 9.91. The van der Waals surface area contributed by atoms with Crippen molar-refractivity contribution in [1.82, 2.24) is 9.55 Å². The van der Waals surface area contributed by atoms with E-state index in [0.29, 0.717) is 0 Å². The van der Waals surface area contributed by atoms with Crippen molar-refractivity contribution in [2.24, 2.45) is 11.8 Å². The molecule has 4 atom stereocenters. The number of nitrogens with one attached hydrogen (secondary N) is 1. The van der Waals surface area contributed by atoms with Crippen LogP contribution in [0.25, 0.3) is 0 Å². The van der Waals surface area contributed by atoms with Crippen molar-refractivity contribution >= 4 is 21.8 Å². The third-order valence-corrected chi connectivity index (χ3v) is 7.96. The molecule has 184 valence electrons. The van der Waals surface area contributed by atoms with E-state index in [0.717, 1.165) is 36.6 Å². The number of aromatic amines is 1. The van der Waals surface area contributed by atoms with Gasteiger partial charge in [-0.2, -0.15) is 0 Å². The number of sulfone groups is 1. The normalized spacial score (nSPS) is 22.5. The van der Waals surface area contributed by atoms with Gasteiger partial charge >= 0.3 is 17.6 Å². The predicted molar refractivity (Wildman–Crippen MR) is 115 cm³/mol. The van der Waals surface area contributed by atoms with Crippen molar-refractivity contribution in [3.05, 3.63) is 62.9 Å². The number of hydrogen-bond acceptors (Lipinski definition) is 10. The summed E-state index contributed by atoms with van der Waals surface area (Å²) < 4.78 is 43.5. The molecular formula is C21H24N2O10S. The van der Waals surface area contributed by atoms with Crippen LogP contribution in [-0.2, 0) is 33.6 Å². The molecule has 13 heteroatoms. The topological polar surface area (TPSA) is 171 Å². The smallest absolute Gasteiger partial charge is 0.330 e. The van der Waals surface area contributed by atoms with E-state index in [1.165, 1.54) is 12.1 Å². The quantitative estimate of drug-likeness (QED) is 0.364. The maximum atomic E-state index is 13.7. The highest BCUT2D eigenvalue weighted by Crippen LogP contribution is 2.45. The number of aliphatic hydroxyl groups excluding tert-OH is 1. The Morgan fingerprint density at radius 2 is 1.71 bits per heavy atom. The maximum Gasteiger partial charge on any atom is 0.330 e. The Morgan fingerprint density at radius 3 is 2.21 bits per heavy atom. The Labute approximate surface area is 194 Å². The van der Waals surface area contributed by atoms with E-state index in [1.807, 2.05) is 4.98 Å². The maximum absolute atomic E-state index is 13.7. The molecule has 2 aromatic rings. The lowest BCUT2D eigenvalue weighted by Crippen LogP contribution is -2.47. The van der Waals surface area contributed by atoms with Crippen LogP contribution >= 0.6 is 0 Å². The standard InChI is InChI=1S/C21H24N2O10S/c1-11-4-6-12(7-5-11)34(29,30)17-13(10-24)33-18(23-9-8-14(25)22-21(23)28)15(17)16(19(26)31-2)20(27)32-3/h4-9,13,15-18,24H,10H2,1-3H3,(H,22,25,28)/t13-,15-,17+,18-/m1/s1. The van der Waals surface area contributed by atoms with Crippen LogP contribution < -0.4 is 11.2 Å². The number of H-pyrrole nitrogens is 1. The minimum atomic E-state index is -4.34. The van der Waals surface area contributed by atoms with Crippen molar-refractivity contribution in [2.75, 3.05) is 20.8 Å². The lowest BCUT2D eigenvalue weighted by atomic mass is 9.87. The summed E-state index contributed by atoms with van der Waals surface area (Å²) in [5.41, 5.74) is -0.909. The highest BCUT2D eigenvalue weighted by atomic mass is 32.2. The predicted octanol–water partition coefficient (Wildman–Crippen LogP) is -0.844. The highest BCUT2D eigenvalue weighted by molar-refractivity contribution is 7.92. The summed E-state index contributed by atoms with van der Waals surface area (Å²) in [4.78, 5) is 51.3. The molecule has 0 bridgehead atoms. The molecule has 34 heavy (non-hydrogen) atoms. The van der Waals surface area contributed by atoms with Gasteiger partial charge in [0.05, 0.1) is 25.7 Å². The van der Waals surface area contributed by atoms with Gasteiger partial charge in [-0.05, 0) is 19.1 Å². The number of nitrogens with zero attached hydrogens (tertiary/aromatic N) is 1. The van der Waals surface area contributed by atoms with Crippen LogP contribution in [0.5, 0.6) is 0 Å². The number of aliphatic hydroxyl groups is 1. The van der Waals surface area contributed by atoms with Gasteiger partial charge in [0, 0.05) is 18.2 Å². The summed E-state index contributed by atoms with van der Waals surface area (Å²) >= 11 is 0. The molecule has 1 saturated heterocycles. The molecule has 0 radical (unpaired) electrons. The lowest BCUT2D eigenvalue weighted by molar-refractivity contribution is -0.164. The number of esters is 2. The molecule has 2 heterocycles. The fourth-order valence-corrected chi connectivity index (χ4v) is 6.18. The van der Waals surface area contributed by atoms with Crippen LogP contribution in [0.3, 0.4) is 0 Å². The number of hydrogen-bond donors (Lipinski definition) is 2. The summed E-state index contributed by atoms with van der Waals surface area (Å²) in [6, 6.07) is 6.81. The van der Waals surface area contributed by atoms with Crippen LogP contribution in [0.4, 0.5) is 0 Å². The summed E-state index contributed by atoms with van der Waals surface area (Å²) in [5, 5.41) is 8.33.